The smallest absolute Gasteiger partial charge is 0.237 e. The van der Waals surface area contributed by atoms with Gasteiger partial charge < -0.3 is 10.0 Å². The van der Waals surface area contributed by atoms with Crippen LogP contribution in [0.15, 0.2) is 24.3 Å². The maximum Gasteiger partial charge on any atom is 0.237 e. The van der Waals surface area contributed by atoms with Gasteiger partial charge in [0.2, 0.25) is 5.91 Å². The molecule has 2 aliphatic heterocycles. The molecule has 0 spiro atoms. The first kappa shape index (κ1) is 23.6. The second-order valence-electron chi connectivity index (χ2n) is 10.3. The number of aromatic hydroxyl groups is 1. The maximum atomic E-state index is 12.9. The van der Waals surface area contributed by atoms with Crippen LogP contribution in [0, 0.1) is 5.92 Å². The van der Waals surface area contributed by atoms with Gasteiger partial charge >= 0.3 is 0 Å². The minimum atomic E-state index is -3.33. The molecule has 1 unspecified atom stereocenters. The predicted molar refractivity (Wildman–Crippen MR) is 126 cm³/mol. The summed E-state index contributed by atoms with van der Waals surface area (Å²) in [5, 5.41) is 9.86. The molecule has 1 aromatic rings. The summed E-state index contributed by atoms with van der Waals surface area (Å²) in [5.41, 5.74) is 1.23. The van der Waals surface area contributed by atoms with Gasteiger partial charge in [-0.15, -0.1) is 0 Å². The fourth-order valence-electron chi connectivity index (χ4n) is 6.24. The zero-order valence-electron chi connectivity index (χ0n) is 19.3. The number of amides is 1. The molecule has 7 heteroatoms. The number of carbonyl (C=O) groups excluding carboxylic acids is 1. The van der Waals surface area contributed by atoms with Crippen molar-refractivity contribution in [1.29, 1.82) is 0 Å². The summed E-state index contributed by atoms with van der Waals surface area (Å²) < 4.78 is 23.6. The second-order valence-corrected chi connectivity index (χ2v) is 12.4. The number of phenols is 1. The Bertz CT molecular complexity index is 883. The second kappa shape index (κ2) is 10.1. The number of carbonyl (C=O) groups is 1. The van der Waals surface area contributed by atoms with E-state index in [4.69, 9.17) is 0 Å². The van der Waals surface area contributed by atoms with E-state index < -0.39 is 9.84 Å². The quantitative estimate of drug-likeness (QED) is 0.639. The van der Waals surface area contributed by atoms with E-state index in [0.717, 1.165) is 38.5 Å². The topological polar surface area (TPSA) is 77.9 Å². The lowest BCUT2D eigenvalue weighted by molar-refractivity contribution is -0.129. The minimum Gasteiger partial charge on any atom is -0.508 e. The fourth-order valence-corrected chi connectivity index (χ4v) is 6.87. The van der Waals surface area contributed by atoms with Crippen LogP contribution < -0.4 is 0 Å². The monoisotopic (exact) mass is 462 g/mol. The number of fused-ring (bicyclic) bond motifs is 2. The van der Waals surface area contributed by atoms with E-state index in [1.165, 1.54) is 37.7 Å². The molecule has 3 atom stereocenters. The van der Waals surface area contributed by atoms with Crippen molar-refractivity contribution in [2.75, 3.05) is 31.6 Å². The Labute approximate surface area is 192 Å². The van der Waals surface area contributed by atoms with Gasteiger partial charge in [-0.3, -0.25) is 9.69 Å². The van der Waals surface area contributed by atoms with Crippen LogP contribution in [-0.4, -0.2) is 73.0 Å². The van der Waals surface area contributed by atoms with Gasteiger partial charge in [0, 0.05) is 38.0 Å². The van der Waals surface area contributed by atoms with Gasteiger partial charge in [0.05, 0.1) is 0 Å². The minimum absolute atomic E-state index is 0.236. The van der Waals surface area contributed by atoms with Crippen LogP contribution in [0.2, 0.25) is 0 Å². The molecule has 1 saturated carbocycles. The van der Waals surface area contributed by atoms with Gasteiger partial charge in [0.15, 0.2) is 9.84 Å². The van der Waals surface area contributed by atoms with Crippen molar-refractivity contribution in [2.45, 2.75) is 75.8 Å². The van der Waals surface area contributed by atoms with Gasteiger partial charge in [0.1, 0.15) is 11.5 Å². The highest BCUT2D eigenvalue weighted by atomic mass is 32.2. The molecule has 2 heterocycles. The highest BCUT2D eigenvalue weighted by Gasteiger charge is 2.41. The molecular weight excluding hydrogens is 424 g/mol. The van der Waals surface area contributed by atoms with Crippen molar-refractivity contribution < 1.29 is 18.3 Å². The Morgan fingerprint density at radius 1 is 1.09 bits per heavy atom. The van der Waals surface area contributed by atoms with Crippen LogP contribution in [0.1, 0.15) is 69.3 Å². The lowest BCUT2D eigenvalue weighted by atomic mass is 9.85. The Morgan fingerprint density at radius 3 is 2.41 bits per heavy atom. The van der Waals surface area contributed by atoms with Gasteiger partial charge in [-0.1, -0.05) is 31.4 Å². The van der Waals surface area contributed by atoms with E-state index in [2.05, 4.69) is 11.0 Å². The van der Waals surface area contributed by atoms with E-state index in [0.29, 0.717) is 42.8 Å². The Balaban J connectivity index is 1.38. The predicted octanol–water partition coefficient (Wildman–Crippen LogP) is 3.56. The number of hydrogen-bond donors (Lipinski definition) is 1. The first-order valence-electron chi connectivity index (χ1n) is 12.3. The Morgan fingerprint density at radius 2 is 1.78 bits per heavy atom. The molecule has 0 aromatic heterocycles. The number of hydrogen-bond acceptors (Lipinski definition) is 5. The third-order valence-electron chi connectivity index (χ3n) is 7.80. The van der Waals surface area contributed by atoms with Crippen LogP contribution in [0.3, 0.4) is 0 Å². The van der Waals surface area contributed by atoms with Crippen molar-refractivity contribution in [1.82, 2.24) is 9.80 Å². The molecule has 1 amide bonds. The molecule has 3 aliphatic rings. The van der Waals surface area contributed by atoms with Crippen molar-refractivity contribution >= 4 is 15.7 Å². The summed E-state index contributed by atoms with van der Waals surface area (Å²) in [5.74, 6) is 0.688. The summed E-state index contributed by atoms with van der Waals surface area (Å²) in [4.78, 5) is 17.3. The van der Waals surface area contributed by atoms with Gasteiger partial charge in [0.25, 0.3) is 0 Å². The Kier molecular flexibility index (Phi) is 7.45. The number of nitrogens with zero attached hydrogens (tertiary/aromatic N) is 2. The molecular formula is C25H38N2O4S. The lowest BCUT2D eigenvalue weighted by Gasteiger charge is -2.40. The number of benzene rings is 1. The lowest BCUT2D eigenvalue weighted by Crippen LogP contribution is -2.48. The third-order valence-corrected chi connectivity index (χ3v) is 8.57. The molecule has 1 aromatic carbocycles. The molecule has 32 heavy (non-hydrogen) atoms. The first-order valence-corrected chi connectivity index (χ1v) is 14.3. The number of sulfone groups is 1. The van der Waals surface area contributed by atoms with Crippen LogP contribution in [0.4, 0.5) is 0 Å². The van der Waals surface area contributed by atoms with E-state index in [-0.39, 0.29) is 11.7 Å². The highest BCUT2D eigenvalue weighted by Crippen LogP contribution is 2.43. The SMILES string of the molecule is CS(=O)(=O)CC(=O)N(CCN1[C@@H]2CC[C@H]1CC(c1cccc(O)c1)C2)CC1CCCCC1. The molecule has 1 aliphatic carbocycles. The number of rotatable bonds is 8. The number of piperidine rings is 1. The van der Waals surface area contributed by atoms with Gasteiger partial charge in [-0.2, -0.15) is 0 Å². The summed E-state index contributed by atoms with van der Waals surface area (Å²) in [6.07, 6.45) is 11.7. The van der Waals surface area contributed by atoms with E-state index in [1.54, 1.807) is 6.07 Å². The first-order chi connectivity index (χ1) is 15.3. The van der Waals surface area contributed by atoms with Crippen molar-refractivity contribution in [3.8, 4) is 5.75 Å². The van der Waals surface area contributed by atoms with Crippen LogP contribution in [0.5, 0.6) is 5.75 Å². The molecule has 0 radical (unpaired) electrons. The molecule has 2 bridgehead atoms. The number of phenolic OH excluding ortho intramolecular Hbond substituents is 1. The largest absolute Gasteiger partial charge is 0.508 e. The fraction of sp³-hybridized carbons (Fsp3) is 0.720. The van der Waals surface area contributed by atoms with E-state index in [1.807, 2.05) is 17.0 Å². The zero-order valence-corrected chi connectivity index (χ0v) is 20.1. The van der Waals surface area contributed by atoms with E-state index in [9.17, 15) is 18.3 Å². The van der Waals surface area contributed by atoms with Gasteiger partial charge in [-0.05, 0) is 68.1 Å². The van der Waals surface area contributed by atoms with Crippen molar-refractivity contribution in [3.63, 3.8) is 0 Å². The van der Waals surface area contributed by atoms with Crippen LogP contribution in [0.25, 0.3) is 0 Å². The average Bonchev–Trinajstić information content (AvgIpc) is 2.97. The van der Waals surface area contributed by atoms with Crippen LogP contribution in [-0.2, 0) is 14.6 Å². The summed E-state index contributed by atoms with van der Waals surface area (Å²) in [7, 11) is -3.33. The summed E-state index contributed by atoms with van der Waals surface area (Å²) in [6.45, 7) is 2.14. The third kappa shape index (κ3) is 6.04. The highest BCUT2D eigenvalue weighted by molar-refractivity contribution is 7.91. The molecule has 1 N–H and O–H groups in total. The molecule has 178 valence electrons. The maximum absolute atomic E-state index is 12.9. The summed E-state index contributed by atoms with van der Waals surface area (Å²) in [6, 6.07) is 8.67. The molecule has 3 fully saturated rings. The van der Waals surface area contributed by atoms with Crippen molar-refractivity contribution in [2.24, 2.45) is 5.92 Å². The Hall–Kier alpha value is -1.60. The van der Waals surface area contributed by atoms with Gasteiger partial charge in [-0.25, -0.2) is 8.42 Å². The normalized spacial score (nSPS) is 26.8. The van der Waals surface area contributed by atoms with Crippen LogP contribution >= 0.6 is 0 Å². The summed E-state index contributed by atoms with van der Waals surface area (Å²) >= 11 is 0. The molecule has 6 nitrogen and oxygen atoms in total. The molecule has 4 rings (SSSR count). The van der Waals surface area contributed by atoms with E-state index >= 15 is 0 Å². The standard InChI is InChI=1S/C25H38N2O4S/c1-32(30,31)18-25(29)26(17-19-6-3-2-4-7-19)12-13-27-22-10-11-23(27)15-21(14-22)20-8-5-9-24(28)16-20/h5,8-9,16,19,21-23,28H,2-4,6-7,10-15,17-18H2,1H3/t21?,22-,23+. The van der Waals surface area contributed by atoms with Crippen molar-refractivity contribution in [3.05, 3.63) is 29.8 Å². The average molecular weight is 463 g/mol. The molecule has 2 saturated heterocycles. The zero-order chi connectivity index (χ0) is 22.7.